The molecule has 1 saturated heterocycles. The molecule has 32 heavy (non-hydrogen) atoms. The smallest absolute Gasteiger partial charge is 0.277 e. The zero-order chi connectivity index (χ0) is 22.8. The number of hydrogen-bond acceptors (Lipinski definition) is 7. The standard InChI is InChI=1S/C21H25F2N7OS/c1-2-30-21(29-8-3-4-13(24)7-9-29)16(11-26-30)27-19(31)17-18(25)32-20(28-17)14-10-12(22)5-6-15(14)23/h5-6,10-11,13H,2-4,7-9,24-25H2,1H3,(H,27,31)/t13-/m1/s1. The molecule has 0 radical (unpaired) electrons. The number of nitrogens with zero attached hydrogens (tertiary/aromatic N) is 4. The summed E-state index contributed by atoms with van der Waals surface area (Å²) in [5.74, 6) is -0.974. The van der Waals surface area contributed by atoms with E-state index in [0.29, 0.717) is 12.2 Å². The van der Waals surface area contributed by atoms with Gasteiger partial charge in [-0.05, 0) is 44.4 Å². The number of hydrogen-bond donors (Lipinski definition) is 3. The van der Waals surface area contributed by atoms with Gasteiger partial charge in [0.25, 0.3) is 5.91 Å². The number of aryl methyl sites for hydroxylation is 1. The van der Waals surface area contributed by atoms with Gasteiger partial charge in [0, 0.05) is 31.2 Å². The number of nitrogens with one attached hydrogen (secondary N) is 1. The predicted molar refractivity (Wildman–Crippen MR) is 122 cm³/mol. The summed E-state index contributed by atoms with van der Waals surface area (Å²) in [5, 5.41) is 7.49. The van der Waals surface area contributed by atoms with Crippen molar-refractivity contribution in [2.45, 2.75) is 38.8 Å². The molecule has 3 heterocycles. The maximum atomic E-state index is 14.1. The molecule has 2 aromatic heterocycles. The van der Waals surface area contributed by atoms with Crippen LogP contribution >= 0.6 is 11.3 Å². The van der Waals surface area contributed by atoms with E-state index in [0.717, 1.165) is 67.7 Å². The molecule has 0 bridgehead atoms. The molecule has 1 amide bonds. The average Bonchev–Trinajstić information content (AvgIpc) is 3.28. The highest BCUT2D eigenvalue weighted by Gasteiger charge is 2.25. The minimum Gasteiger partial charge on any atom is -0.389 e. The fraction of sp³-hybridized carbons (Fsp3) is 0.381. The van der Waals surface area contributed by atoms with Crippen molar-refractivity contribution >= 4 is 33.8 Å². The number of benzene rings is 1. The third kappa shape index (κ3) is 4.44. The van der Waals surface area contributed by atoms with E-state index in [1.807, 2.05) is 11.6 Å². The van der Waals surface area contributed by atoms with Crippen molar-refractivity contribution in [3.05, 3.63) is 41.7 Å². The lowest BCUT2D eigenvalue weighted by Crippen LogP contribution is -2.29. The Morgan fingerprint density at radius 2 is 2.12 bits per heavy atom. The van der Waals surface area contributed by atoms with Crippen LogP contribution in [-0.4, -0.2) is 39.8 Å². The Kier molecular flexibility index (Phi) is 6.38. The largest absolute Gasteiger partial charge is 0.389 e. The van der Waals surface area contributed by atoms with E-state index in [-0.39, 0.29) is 27.3 Å². The van der Waals surface area contributed by atoms with Gasteiger partial charge in [-0.15, -0.1) is 0 Å². The third-order valence-corrected chi connectivity index (χ3v) is 6.38. The van der Waals surface area contributed by atoms with Crippen molar-refractivity contribution in [1.29, 1.82) is 0 Å². The Labute approximate surface area is 188 Å². The summed E-state index contributed by atoms with van der Waals surface area (Å²) < 4.78 is 29.5. The molecule has 0 saturated carbocycles. The summed E-state index contributed by atoms with van der Waals surface area (Å²) in [5.41, 5.74) is 12.6. The SMILES string of the molecule is CCn1ncc(NC(=O)c2nc(-c3cc(F)ccc3F)sc2N)c1N1CCC[C@@H](N)CC1. The second-order valence-corrected chi connectivity index (χ2v) is 8.72. The molecule has 0 unspecified atom stereocenters. The zero-order valence-corrected chi connectivity index (χ0v) is 18.5. The molecule has 4 rings (SSSR count). The molecule has 170 valence electrons. The van der Waals surface area contributed by atoms with E-state index in [1.54, 1.807) is 6.20 Å². The van der Waals surface area contributed by atoms with Crippen LogP contribution in [0, 0.1) is 11.6 Å². The average molecular weight is 462 g/mol. The number of carbonyl (C=O) groups excluding carboxylic acids is 1. The highest BCUT2D eigenvalue weighted by Crippen LogP contribution is 2.34. The molecule has 1 fully saturated rings. The summed E-state index contributed by atoms with van der Waals surface area (Å²) in [6.07, 6.45) is 4.35. The minimum atomic E-state index is -0.641. The molecule has 8 nitrogen and oxygen atoms in total. The van der Waals surface area contributed by atoms with Crippen LogP contribution in [0.15, 0.2) is 24.4 Å². The zero-order valence-electron chi connectivity index (χ0n) is 17.6. The lowest BCUT2D eigenvalue weighted by molar-refractivity contribution is 0.102. The van der Waals surface area contributed by atoms with Crippen molar-refractivity contribution in [1.82, 2.24) is 14.8 Å². The number of carbonyl (C=O) groups is 1. The van der Waals surface area contributed by atoms with E-state index in [2.05, 4.69) is 20.3 Å². The van der Waals surface area contributed by atoms with Gasteiger partial charge in [-0.3, -0.25) is 4.79 Å². The number of aromatic nitrogens is 3. The van der Waals surface area contributed by atoms with Gasteiger partial charge in [0.2, 0.25) is 0 Å². The molecular formula is C21H25F2N7OS. The Morgan fingerprint density at radius 3 is 2.91 bits per heavy atom. The van der Waals surface area contributed by atoms with Crippen molar-refractivity contribution in [3.63, 3.8) is 0 Å². The first-order valence-electron chi connectivity index (χ1n) is 10.5. The van der Waals surface area contributed by atoms with Crippen LogP contribution in [0.1, 0.15) is 36.7 Å². The number of rotatable bonds is 5. The molecule has 0 aliphatic carbocycles. The second-order valence-electron chi connectivity index (χ2n) is 7.69. The fourth-order valence-corrected chi connectivity index (χ4v) is 4.67. The van der Waals surface area contributed by atoms with E-state index in [1.165, 1.54) is 0 Å². The van der Waals surface area contributed by atoms with Gasteiger partial charge < -0.3 is 21.7 Å². The number of halogens is 2. The van der Waals surface area contributed by atoms with Crippen LogP contribution in [-0.2, 0) is 6.54 Å². The normalized spacial score (nSPS) is 16.8. The highest BCUT2D eigenvalue weighted by atomic mass is 32.1. The lowest BCUT2D eigenvalue weighted by atomic mass is 10.1. The Balaban J connectivity index is 1.61. The maximum absolute atomic E-state index is 14.1. The summed E-state index contributed by atoms with van der Waals surface area (Å²) in [6, 6.07) is 3.22. The van der Waals surface area contributed by atoms with Crippen molar-refractivity contribution in [3.8, 4) is 10.6 Å². The molecule has 1 aliphatic rings. The van der Waals surface area contributed by atoms with E-state index < -0.39 is 17.5 Å². The second kappa shape index (κ2) is 9.21. The Morgan fingerprint density at radius 1 is 1.31 bits per heavy atom. The number of amides is 1. The highest BCUT2D eigenvalue weighted by molar-refractivity contribution is 7.19. The van der Waals surface area contributed by atoms with Gasteiger partial charge >= 0.3 is 0 Å². The Hall–Kier alpha value is -3.05. The van der Waals surface area contributed by atoms with Gasteiger partial charge in [0.05, 0.1) is 6.20 Å². The number of anilines is 3. The van der Waals surface area contributed by atoms with Gasteiger partial charge in [0.15, 0.2) is 11.5 Å². The van der Waals surface area contributed by atoms with Crippen molar-refractivity contribution in [2.24, 2.45) is 5.73 Å². The van der Waals surface area contributed by atoms with E-state index in [4.69, 9.17) is 11.5 Å². The van der Waals surface area contributed by atoms with Crippen LogP contribution in [0.5, 0.6) is 0 Å². The fourth-order valence-electron chi connectivity index (χ4n) is 3.82. The summed E-state index contributed by atoms with van der Waals surface area (Å²) in [7, 11) is 0. The van der Waals surface area contributed by atoms with Gasteiger partial charge in [-0.2, -0.15) is 5.10 Å². The van der Waals surface area contributed by atoms with Crippen LogP contribution in [0.3, 0.4) is 0 Å². The van der Waals surface area contributed by atoms with Crippen molar-refractivity contribution < 1.29 is 13.6 Å². The molecule has 1 atom stereocenters. The summed E-state index contributed by atoms with van der Waals surface area (Å²) >= 11 is 0.928. The van der Waals surface area contributed by atoms with Crippen LogP contribution < -0.4 is 21.7 Å². The van der Waals surface area contributed by atoms with E-state index in [9.17, 15) is 13.6 Å². The molecular weight excluding hydrogens is 436 g/mol. The number of nitrogens with two attached hydrogens (primary N) is 2. The first-order valence-corrected chi connectivity index (χ1v) is 11.3. The number of nitrogen functional groups attached to an aromatic ring is 1. The monoisotopic (exact) mass is 461 g/mol. The molecule has 1 aromatic carbocycles. The third-order valence-electron chi connectivity index (χ3n) is 5.46. The first kappa shape index (κ1) is 22.2. The quantitative estimate of drug-likeness (QED) is 0.536. The predicted octanol–water partition coefficient (Wildman–Crippen LogP) is 3.46. The maximum Gasteiger partial charge on any atom is 0.277 e. The van der Waals surface area contributed by atoms with Crippen LogP contribution in [0.4, 0.5) is 25.3 Å². The van der Waals surface area contributed by atoms with Gasteiger partial charge in [-0.25, -0.2) is 18.4 Å². The Bertz CT molecular complexity index is 1130. The topological polar surface area (TPSA) is 115 Å². The first-order chi connectivity index (χ1) is 15.4. The lowest BCUT2D eigenvalue weighted by Gasteiger charge is -2.24. The summed E-state index contributed by atoms with van der Waals surface area (Å²) in [6.45, 7) is 4.18. The minimum absolute atomic E-state index is 0.0400. The molecule has 11 heteroatoms. The molecule has 0 spiro atoms. The van der Waals surface area contributed by atoms with Crippen LogP contribution in [0.2, 0.25) is 0 Å². The molecule has 1 aliphatic heterocycles. The van der Waals surface area contributed by atoms with Crippen molar-refractivity contribution in [2.75, 3.05) is 29.0 Å². The van der Waals surface area contributed by atoms with Gasteiger partial charge in [-0.1, -0.05) is 11.3 Å². The van der Waals surface area contributed by atoms with Gasteiger partial charge in [0.1, 0.15) is 27.3 Å². The molecule has 5 N–H and O–H groups in total. The molecule has 3 aromatic rings. The van der Waals surface area contributed by atoms with Crippen LogP contribution in [0.25, 0.3) is 10.6 Å². The summed E-state index contributed by atoms with van der Waals surface area (Å²) in [4.78, 5) is 19.4. The number of thiazole rings is 1. The van der Waals surface area contributed by atoms with E-state index >= 15 is 0 Å².